The zero-order valence-corrected chi connectivity index (χ0v) is 21.7. The minimum atomic E-state index is -0.772. The summed E-state index contributed by atoms with van der Waals surface area (Å²) in [5.74, 6) is -0.739. The summed E-state index contributed by atoms with van der Waals surface area (Å²) < 4.78 is 28.2. The molecule has 1 fully saturated rings. The molecule has 0 bridgehead atoms. The molecular formula is C27H21ClF2N8O2. The molecule has 5 aromatic rings. The lowest BCUT2D eigenvalue weighted by Crippen LogP contribution is -2.34. The highest BCUT2D eigenvalue weighted by Gasteiger charge is 2.34. The van der Waals surface area contributed by atoms with E-state index in [1.165, 1.54) is 18.9 Å². The number of halogens is 3. The van der Waals surface area contributed by atoms with Gasteiger partial charge in [0.05, 0.1) is 24.0 Å². The molecule has 2 amide bonds. The summed E-state index contributed by atoms with van der Waals surface area (Å²) >= 11 is 6.28. The highest BCUT2D eigenvalue weighted by atomic mass is 35.5. The van der Waals surface area contributed by atoms with E-state index in [4.69, 9.17) is 16.4 Å². The summed E-state index contributed by atoms with van der Waals surface area (Å²) in [7, 11) is 0. The molecule has 0 spiro atoms. The third-order valence-electron chi connectivity index (χ3n) is 6.50. The Morgan fingerprint density at radius 1 is 1.12 bits per heavy atom. The second-order valence-electron chi connectivity index (χ2n) is 9.09. The van der Waals surface area contributed by atoms with Crippen LogP contribution < -0.4 is 10.6 Å². The Morgan fingerprint density at radius 2 is 2.00 bits per heavy atom. The Balaban J connectivity index is 1.27. The van der Waals surface area contributed by atoms with Gasteiger partial charge in [0.15, 0.2) is 5.65 Å². The average molecular weight is 563 g/mol. The third kappa shape index (κ3) is 4.90. The van der Waals surface area contributed by atoms with Gasteiger partial charge in [0, 0.05) is 35.1 Å². The molecule has 2 aromatic carbocycles. The van der Waals surface area contributed by atoms with E-state index in [1.54, 1.807) is 18.2 Å². The second kappa shape index (κ2) is 10.5. The number of anilines is 3. The molecule has 0 aliphatic carbocycles. The summed E-state index contributed by atoms with van der Waals surface area (Å²) in [6.45, 7) is 2.08. The number of nitrogens with zero attached hydrogens (tertiary/aromatic N) is 5. The third-order valence-corrected chi connectivity index (χ3v) is 6.70. The van der Waals surface area contributed by atoms with Gasteiger partial charge in [-0.1, -0.05) is 17.7 Å². The standard InChI is InChI=1S/C27H21ClF2N8O2/c1-14-2-4-17(36-27(39)38-22(6-7-40-38)18-9-16(29)3-5-20(18)30)10-21(14)37-25-19(8-15(28)11-31-25)23-24-26(34-12-32-23)35-13-33-24/h2-5,8-13,22H,6-7H2,1H3,(H,31,37)(H,36,39)(H,32,33,34,35)/t22-/m1/s1. The molecule has 1 aliphatic heterocycles. The summed E-state index contributed by atoms with van der Waals surface area (Å²) in [4.78, 5) is 38.9. The maximum absolute atomic E-state index is 14.4. The van der Waals surface area contributed by atoms with E-state index < -0.39 is 23.7 Å². The predicted molar refractivity (Wildman–Crippen MR) is 145 cm³/mol. The molecular weight excluding hydrogens is 542 g/mol. The maximum atomic E-state index is 14.4. The summed E-state index contributed by atoms with van der Waals surface area (Å²) in [5, 5.41) is 7.53. The zero-order valence-electron chi connectivity index (χ0n) is 21.0. The van der Waals surface area contributed by atoms with Gasteiger partial charge in [-0.3, -0.25) is 4.84 Å². The fourth-order valence-electron chi connectivity index (χ4n) is 4.55. The number of aromatic amines is 1. The van der Waals surface area contributed by atoms with E-state index in [0.29, 0.717) is 51.1 Å². The van der Waals surface area contributed by atoms with Crippen molar-refractivity contribution in [2.24, 2.45) is 0 Å². The first-order chi connectivity index (χ1) is 19.4. The Hall–Kier alpha value is -4.68. The van der Waals surface area contributed by atoms with Crippen LogP contribution in [0.5, 0.6) is 0 Å². The highest BCUT2D eigenvalue weighted by Crippen LogP contribution is 2.35. The fourth-order valence-corrected chi connectivity index (χ4v) is 4.71. The first-order valence-corrected chi connectivity index (χ1v) is 12.6. The lowest BCUT2D eigenvalue weighted by molar-refractivity contribution is -0.0835. The molecule has 202 valence electrons. The van der Waals surface area contributed by atoms with Crippen molar-refractivity contribution in [2.75, 3.05) is 17.2 Å². The first kappa shape index (κ1) is 25.6. The number of aryl methyl sites for hydroxylation is 1. The van der Waals surface area contributed by atoms with Crippen LogP contribution in [0.1, 0.15) is 23.6 Å². The number of amides is 2. The lowest BCUT2D eigenvalue weighted by atomic mass is 10.0. The number of hydroxylamine groups is 2. The number of urea groups is 1. The number of fused-ring (bicyclic) bond motifs is 1. The lowest BCUT2D eigenvalue weighted by Gasteiger charge is -2.24. The van der Waals surface area contributed by atoms with Gasteiger partial charge >= 0.3 is 6.03 Å². The predicted octanol–water partition coefficient (Wildman–Crippen LogP) is 6.31. The number of benzene rings is 2. The number of hydrogen-bond donors (Lipinski definition) is 3. The molecule has 1 atom stereocenters. The molecule has 1 saturated heterocycles. The summed E-state index contributed by atoms with van der Waals surface area (Å²) in [5.41, 5.74) is 4.31. The normalized spacial score (nSPS) is 15.0. The van der Waals surface area contributed by atoms with Gasteiger partial charge in [-0.25, -0.2) is 33.5 Å². The number of carbonyl (C=O) groups excluding carboxylic acids is 1. The minimum Gasteiger partial charge on any atom is -0.341 e. The molecule has 40 heavy (non-hydrogen) atoms. The van der Waals surface area contributed by atoms with Crippen LogP contribution in [0.25, 0.3) is 22.4 Å². The molecule has 0 unspecified atom stereocenters. The molecule has 0 radical (unpaired) electrons. The van der Waals surface area contributed by atoms with Crippen LogP contribution in [0.3, 0.4) is 0 Å². The molecule has 10 nitrogen and oxygen atoms in total. The molecule has 4 heterocycles. The van der Waals surface area contributed by atoms with E-state index in [1.807, 2.05) is 13.0 Å². The first-order valence-electron chi connectivity index (χ1n) is 12.2. The van der Waals surface area contributed by atoms with Gasteiger partial charge < -0.3 is 15.6 Å². The fraction of sp³-hybridized carbons (Fsp3) is 0.148. The van der Waals surface area contributed by atoms with E-state index >= 15 is 0 Å². The minimum absolute atomic E-state index is 0.0522. The van der Waals surface area contributed by atoms with Crippen LogP contribution in [-0.4, -0.2) is 42.6 Å². The Kier molecular flexibility index (Phi) is 6.70. The van der Waals surface area contributed by atoms with E-state index in [-0.39, 0.29) is 12.2 Å². The van der Waals surface area contributed by atoms with E-state index in [0.717, 1.165) is 28.8 Å². The molecule has 1 aliphatic rings. The Labute approximate surface area is 231 Å². The SMILES string of the molecule is Cc1ccc(NC(=O)N2OCC[C@@H]2c2cc(F)ccc2F)cc1Nc1ncc(Cl)cc1-c1ncnc2nc[nH]c12. The van der Waals surface area contributed by atoms with Gasteiger partial charge in [-0.2, -0.15) is 5.06 Å². The number of pyridine rings is 1. The Morgan fingerprint density at radius 3 is 2.88 bits per heavy atom. The monoisotopic (exact) mass is 562 g/mol. The van der Waals surface area contributed by atoms with Crippen LogP contribution in [0.4, 0.5) is 30.8 Å². The van der Waals surface area contributed by atoms with Crippen molar-refractivity contribution in [3.05, 3.63) is 89.1 Å². The van der Waals surface area contributed by atoms with Crippen LogP contribution >= 0.6 is 11.6 Å². The highest BCUT2D eigenvalue weighted by molar-refractivity contribution is 6.30. The van der Waals surface area contributed by atoms with Crippen molar-refractivity contribution < 1.29 is 18.4 Å². The van der Waals surface area contributed by atoms with Gasteiger partial charge in [0.25, 0.3) is 0 Å². The number of imidazole rings is 1. The maximum Gasteiger partial charge on any atom is 0.346 e. The van der Waals surface area contributed by atoms with E-state index in [9.17, 15) is 13.6 Å². The quantitative estimate of drug-likeness (QED) is 0.229. The Bertz CT molecular complexity index is 1750. The number of aromatic nitrogens is 5. The largest absolute Gasteiger partial charge is 0.346 e. The smallest absolute Gasteiger partial charge is 0.341 e. The molecule has 3 N–H and O–H groups in total. The van der Waals surface area contributed by atoms with Crippen LogP contribution in [0, 0.1) is 18.6 Å². The second-order valence-corrected chi connectivity index (χ2v) is 9.52. The average Bonchev–Trinajstić information content (AvgIpc) is 3.63. The van der Waals surface area contributed by atoms with Crippen molar-refractivity contribution >= 4 is 46.0 Å². The topological polar surface area (TPSA) is 121 Å². The van der Waals surface area contributed by atoms with Gasteiger partial charge in [0.1, 0.15) is 35.0 Å². The number of carbonyl (C=O) groups is 1. The molecule has 6 rings (SSSR count). The molecule has 3 aromatic heterocycles. The number of hydrogen-bond acceptors (Lipinski definition) is 7. The van der Waals surface area contributed by atoms with Crippen molar-refractivity contribution in [1.82, 2.24) is 30.0 Å². The van der Waals surface area contributed by atoms with E-state index in [2.05, 4.69) is 35.6 Å². The van der Waals surface area contributed by atoms with Crippen LogP contribution in [0.15, 0.2) is 61.3 Å². The molecule has 13 heteroatoms. The van der Waals surface area contributed by atoms with Gasteiger partial charge in [-0.15, -0.1) is 0 Å². The van der Waals surface area contributed by atoms with Crippen molar-refractivity contribution in [3.8, 4) is 11.3 Å². The summed E-state index contributed by atoms with van der Waals surface area (Å²) in [6.07, 6.45) is 4.78. The van der Waals surface area contributed by atoms with Gasteiger partial charge in [-0.05, 0) is 48.9 Å². The van der Waals surface area contributed by atoms with Crippen molar-refractivity contribution in [3.63, 3.8) is 0 Å². The zero-order chi connectivity index (χ0) is 27.8. The van der Waals surface area contributed by atoms with Crippen molar-refractivity contribution in [2.45, 2.75) is 19.4 Å². The number of rotatable bonds is 5. The number of H-pyrrole nitrogens is 1. The van der Waals surface area contributed by atoms with Crippen molar-refractivity contribution in [1.29, 1.82) is 0 Å². The van der Waals surface area contributed by atoms with Crippen LogP contribution in [0.2, 0.25) is 5.02 Å². The van der Waals surface area contributed by atoms with Crippen LogP contribution in [-0.2, 0) is 4.84 Å². The van der Waals surface area contributed by atoms with Gasteiger partial charge in [0.2, 0.25) is 0 Å². The summed E-state index contributed by atoms with van der Waals surface area (Å²) in [6, 6.07) is 8.76. The number of nitrogens with one attached hydrogen (secondary N) is 3. The molecule has 0 saturated carbocycles.